The summed E-state index contributed by atoms with van der Waals surface area (Å²) in [6, 6.07) is 8.33. The van der Waals surface area contributed by atoms with E-state index in [1.165, 1.54) is 5.56 Å². The van der Waals surface area contributed by atoms with Crippen molar-refractivity contribution in [2.45, 2.75) is 6.04 Å². The van der Waals surface area contributed by atoms with Crippen molar-refractivity contribution in [2.24, 2.45) is 0 Å². The van der Waals surface area contributed by atoms with Crippen LogP contribution >= 0.6 is 0 Å². The number of ether oxygens (including phenoxy) is 1. The molecular formula is C11H15N2O. The lowest BCUT2D eigenvalue weighted by atomic mass is 10.0. The zero-order valence-electron chi connectivity index (χ0n) is 8.36. The van der Waals surface area contributed by atoms with E-state index >= 15 is 0 Å². The summed E-state index contributed by atoms with van der Waals surface area (Å²) in [5.41, 5.74) is 1.18. The highest BCUT2D eigenvalue weighted by Crippen LogP contribution is 2.25. The van der Waals surface area contributed by atoms with Gasteiger partial charge < -0.3 is 10.1 Å². The van der Waals surface area contributed by atoms with E-state index < -0.39 is 0 Å². The number of hydrogen-bond donors (Lipinski definition) is 1. The number of hydrogen-bond acceptors (Lipinski definition) is 2. The topological polar surface area (TPSA) is 35.4 Å². The standard InChI is InChI=1S/C11H15N2O/c1-14-11-5-3-2-4-9(11)10-8-12-6-7-13-10/h2-5,10,12H,6-8H2,1H3. The maximum absolute atomic E-state index is 5.31. The molecule has 1 N–H and O–H groups in total. The van der Waals surface area contributed by atoms with Crippen LogP contribution in [0.15, 0.2) is 24.3 Å². The molecule has 0 aliphatic carbocycles. The zero-order chi connectivity index (χ0) is 9.80. The van der Waals surface area contributed by atoms with Crippen LogP contribution in [0.3, 0.4) is 0 Å². The first-order chi connectivity index (χ1) is 6.92. The molecule has 1 aromatic carbocycles. The molecule has 1 atom stereocenters. The van der Waals surface area contributed by atoms with E-state index in [9.17, 15) is 0 Å². The van der Waals surface area contributed by atoms with Crippen molar-refractivity contribution in [1.82, 2.24) is 10.6 Å². The quantitative estimate of drug-likeness (QED) is 0.755. The van der Waals surface area contributed by atoms with Crippen LogP contribution in [0.4, 0.5) is 0 Å². The van der Waals surface area contributed by atoms with Crippen LogP contribution in [0.1, 0.15) is 11.6 Å². The van der Waals surface area contributed by atoms with Crippen LogP contribution in [-0.2, 0) is 0 Å². The number of methoxy groups -OCH3 is 1. The fourth-order valence-corrected chi connectivity index (χ4v) is 1.75. The number of rotatable bonds is 2. The Kier molecular flexibility index (Phi) is 3.01. The lowest BCUT2D eigenvalue weighted by Crippen LogP contribution is -2.38. The Morgan fingerprint density at radius 3 is 3.00 bits per heavy atom. The highest BCUT2D eigenvalue weighted by atomic mass is 16.5. The zero-order valence-corrected chi connectivity index (χ0v) is 8.36. The fraction of sp³-hybridized carbons (Fsp3) is 0.455. The predicted molar refractivity (Wildman–Crippen MR) is 55.6 cm³/mol. The highest BCUT2D eigenvalue weighted by Gasteiger charge is 2.18. The van der Waals surface area contributed by atoms with Crippen molar-refractivity contribution in [2.75, 3.05) is 26.7 Å². The molecule has 1 unspecified atom stereocenters. The molecule has 3 heteroatoms. The number of piperazine rings is 1. The Bertz CT molecular complexity index is 295. The minimum absolute atomic E-state index is 0.250. The van der Waals surface area contributed by atoms with Crippen molar-refractivity contribution in [3.8, 4) is 5.75 Å². The first-order valence-electron chi connectivity index (χ1n) is 4.92. The average molecular weight is 191 g/mol. The van der Waals surface area contributed by atoms with Gasteiger partial charge in [-0.15, -0.1) is 0 Å². The van der Waals surface area contributed by atoms with Crippen molar-refractivity contribution >= 4 is 0 Å². The molecule has 0 bridgehead atoms. The summed E-state index contributed by atoms with van der Waals surface area (Å²) >= 11 is 0. The highest BCUT2D eigenvalue weighted by molar-refractivity contribution is 5.36. The maximum Gasteiger partial charge on any atom is 0.123 e. The molecule has 1 aliphatic heterocycles. The van der Waals surface area contributed by atoms with Gasteiger partial charge in [-0.2, -0.15) is 0 Å². The van der Waals surface area contributed by atoms with Crippen LogP contribution in [-0.4, -0.2) is 26.7 Å². The lowest BCUT2D eigenvalue weighted by molar-refractivity contribution is 0.378. The average Bonchev–Trinajstić information content (AvgIpc) is 2.30. The third-order valence-electron chi connectivity index (χ3n) is 2.47. The Labute approximate surface area is 84.5 Å². The molecule has 1 saturated heterocycles. The van der Waals surface area contributed by atoms with Gasteiger partial charge in [0.15, 0.2) is 0 Å². The number of benzene rings is 1. The minimum atomic E-state index is 0.250. The summed E-state index contributed by atoms with van der Waals surface area (Å²) in [7, 11) is 1.70. The van der Waals surface area contributed by atoms with Crippen LogP contribution in [0.25, 0.3) is 0 Å². The van der Waals surface area contributed by atoms with Gasteiger partial charge in [0.1, 0.15) is 5.75 Å². The van der Waals surface area contributed by atoms with E-state index in [1.807, 2.05) is 18.2 Å². The van der Waals surface area contributed by atoms with Gasteiger partial charge in [-0.1, -0.05) is 18.2 Å². The smallest absolute Gasteiger partial charge is 0.123 e. The summed E-state index contributed by atoms with van der Waals surface area (Å²) in [5, 5.41) is 7.90. The number of nitrogens with one attached hydrogen (secondary N) is 1. The van der Waals surface area contributed by atoms with Crippen LogP contribution in [0.5, 0.6) is 5.75 Å². The lowest BCUT2D eigenvalue weighted by Gasteiger charge is -2.24. The van der Waals surface area contributed by atoms with Crippen molar-refractivity contribution in [3.63, 3.8) is 0 Å². The molecule has 0 spiro atoms. The van der Waals surface area contributed by atoms with Crippen LogP contribution < -0.4 is 15.4 Å². The van der Waals surface area contributed by atoms with Crippen LogP contribution in [0.2, 0.25) is 0 Å². The van der Waals surface area contributed by atoms with E-state index in [1.54, 1.807) is 7.11 Å². The predicted octanol–water partition coefficient (Wildman–Crippen LogP) is 0.944. The molecule has 0 amide bonds. The van der Waals surface area contributed by atoms with Gasteiger partial charge in [-0.3, -0.25) is 0 Å². The second-order valence-corrected chi connectivity index (χ2v) is 3.37. The summed E-state index contributed by atoms with van der Waals surface area (Å²) in [6.07, 6.45) is 0. The fourth-order valence-electron chi connectivity index (χ4n) is 1.75. The van der Waals surface area contributed by atoms with Gasteiger partial charge in [-0.25, -0.2) is 5.32 Å². The SMILES string of the molecule is COc1ccccc1C1CNCC[N]1. The number of para-hydroxylation sites is 1. The summed E-state index contributed by atoms with van der Waals surface area (Å²) in [4.78, 5) is 0. The monoisotopic (exact) mass is 191 g/mol. The molecule has 1 aliphatic rings. The van der Waals surface area contributed by atoms with E-state index in [0.29, 0.717) is 0 Å². The molecule has 3 nitrogen and oxygen atoms in total. The number of nitrogens with zero attached hydrogens (tertiary/aromatic N) is 1. The summed E-state index contributed by atoms with van der Waals surface area (Å²) in [5.74, 6) is 0.935. The molecule has 1 fully saturated rings. The van der Waals surface area contributed by atoms with E-state index in [0.717, 1.165) is 25.4 Å². The van der Waals surface area contributed by atoms with Crippen molar-refractivity contribution < 1.29 is 4.74 Å². The Morgan fingerprint density at radius 2 is 2.29 bits per heavy atom. The van der Waals surface area contributed by atoms with Crippen molar-refractivity contribution in [3.05, 3.63) is 29.8 Å². The third kappa shape index (κ3) is 1.89. The third-order valence-corrected chi connectivity index (χ3v) is 2.47. The molecule has 2 rings (SSSR count). The molecule has 0 saturated carbocycles. The molecule has 0 aromatic heterocycles. The summed E-state index contributed by atoms with van der Waals surface area (Å²) < 4.78 is 5.31. The molecule has 1 radical (unpaired) electrons. The van der Waals surface area contributed by atoms with Gasteiger partial charge in [0, 0.05) is 25.2 Å². The van der Waals surface area contributed by atoms with E-state index in [2.05, 4.69) is 16.7 Å². The Morgan fingerprint density at radius 1 is 1.43 bits per heavy atom. The largest absolute Gasteiger partial charge is 0.496 e. The summed E-state index contributed by atoms with van der Waals surface area (Å²) in [6.45, 7) is 2.80. The van der Waals surface area contributed by atoms with Gasteiger partial charge in [-0.05, 0) is 6.07 Å². The van der Waals surface area contributed by atoms with Gasteiger partial charge in [0.25, 0.3) is 0 Å². The van der Waals surface area contributed by atoms with Crippen molar-refractivity contribution in [1.29, 1.82) is 0 Å². The van der Waals surface area contributed by atoms with Gasteiger partial charge in [0.2, 0.25) is 0 Å². The molecule has 14 heavy (non-hydrogen) atoms. The normalized spacial score (nSPS) is 21.9. The maximum atomic E-state index is 5.31. The first kappa shape index (κ1) is 9.49. The Hall–Kier alpha value is -1.06. The van der Waals surface area contributed by atoms with Gasteiger partial charge >= 0.3 is 0 Å². The van der Waals surface area contributed by atoms with Crippen LogP contribution in [0, 0.1) is 0 Å². The second-order valence-electron chi connectivity index (χ2n) is 3.37. The molecule has 1 heterocycles. The minimum Gasteiger partial charge on any atom is -0.496 e. The second kappa shape index (κ2) is 4.44. The Balaban J connectivity index is 2.20. The molecule has 75 valence electrons. The first-order valence-corrected chi connectivity index (χ1v) is 4.92. The molecular weight excluding hydrogens is 176 g/mol. The van der Waals surface area contributed by atoms with E-state index in [-0.39, 0.29) is 6.04 Å². The van der Waals surface area contributed by atoms with Gasteiger partial charge in [0.05, 0.1) is 13.2 Å². The van der Waals surface area contributed by atoms with E-state index in [4.69, 9.17) is 4.74 Å². The molecule has 1 aromatic rings.